The lowest BCUT2D eigenvalue weighted by atomic mass is 9.87. The van der Waals surface area contributed by atoms with Gasteiger partial charge in [-0.05, 0) is 37.0 Å². The van der Waals surface area contributed by atoms with Crippen molar-refractivity contribution in [2.24, 2.45) is 5.41 Å². The molecule has 2 aromatic rings. The second kappa shape index (κ2) is 6.75. The highest BCUT2D eigenvalue weighted by Gasteiger charge is 2.22. The van der Waals surface area contributed by atoms with Crippen molar-refractivity contribution in [3.63, 3.8) is 0 Å². The van der Waals surface area contributed by atoms with Gasteiger partial charge < -0.3 is 10.4 Å². The van der Waals surface area contributed by atoms with Crippen LogP contribution in [0.25, 0.3) is 5.69 Å². The molecule has 1 amide bonds. The van der Waals surface area contributed by atoms with Crippen LogP contribution in [0, 0.1) is 5.41 Å². The summed E-state index contributed by atoms with van der Waals surface area (Å²) in [6.45, 7) is 6.32. The zero-order valence-corrected chi connectivity index (χ0v) is 13.3. The minimum atomic E-state index is -0.386. The summed E-state index contributed by atoms with van der Waals surface area (Å²) in [5.74, 6) is -0.134. The normalized spacial score (nSPS) is 12.9. The first-order chi connectivity index (χ1) is 10.4. The quantitative estimate of drug-likeness (QED) is 0.861. The molecule has 2 rings (SSSR count). The molecular weight excluding hydrogens is 278 g/mol. The summed E-state index contributed by atoms with van der Waals surface area (Å²) in [6, 6.07) is 9.19. The number of nitrogens with zero attached hydrogens (tertiary/aromatic N) is 2. The summed E-state index contributed by atoms with van der Waals surface area (Å²) >= 11 is 0. The smallest absolute Gasteiger partial charge is 0.253 e. The van der Waals surface area contributed by atoms with Crippen molar-refractivity contribution < 1.29 is 9.90 Å². The molecule has 1 heterocycles. The van der Waals surface area contributed by atoms with Gasteiger partial charge in [0.05, 0.1) is 17.4 Å². The van der Waals surface area contributed by atoms with E-state index in [2.05, 4.69) is 10.4 Å². The molecule has 0 spiro atoms. The van der Waals surface area contributed by atoms with E-state index >= 15 is 0 Å². The van der Waals surface area contributed by atoms with Gasteiger partial charge in [-0.1, -0.05) is 26.0 Å². The van der Waals surface area contributed by atoms with E-state index in [1.165, 1.54) is 0 Å². The molecule has 118 valence electrons. The summed E-state index contributed by atoms with van der Waals surface area (Å²) in [6.07, 6.45) is 3.74. The number of rotatable bonds is 6. The van der Waals surface area contributed by atoms with Crippen LogP contribution in [0.2, 0.25) is 0 Å². The Labute approximate surface area is 131 Å². The molecule has 0 aliphatic heterocycles. The van der Waals surface area contributed by atoms with Gasteiger partial charge in [-0.3, -0.25) is 4.79 Å². The van der Waals surface area contributed by atoms with Crippen molar-refractivity contribution >= 4 is 5.91 Å². The Kier molecular flexibility index (Phi) is 4.98. The molecule has 1 unspecified atom stereocenters. The Balaban J connectivity index is 2.11. The first kappa shape index (κ1) is 16.2. The highest BCUT2D eigenvalue weighted by atomic mass is 16.3. The number of aromatic nitrogens is 2. The number of para-hydroxylation sites is 1. The molecule has 22 heavy (non-hydrogen) atoms. The second-order valence-electron chi connectivity index (χ2n) is 6.37. The minimum Gasteiger partial charge on any atom is -0.393 e. The Hall–Kier alpha value is -2.14. The molecule has 0 bridgehead atoms. The molecule has 0 aliphatic carbocycles. The van der Waals surface area contributed by atoms with Crippen LogP contribution in [-0.4, -0.2) is 33.4 Å². The maximum absolute atomic E-state index is 12.5. The Morgan fingerprint density at radius 3 is 2.73 bits per heavy atom. The first-order valence-corrected chi connectivity index (χ1v) is 7.44. The van der Waals surface area contributed by atoms with Crippen molar-refractivity contribution in [2.75, 3.05) is 6.54 Å². The SMILES string of the molecule is CC(O)CC(C)(C)CNC(=O)c1ccccc1-n1cccn1. The van der Waals surface area contributed by atoms with Crippen LogP contribution in [-0.2, 0) is 0 Å². The molecule has 1 atom stereocenters. The molecule has 0 aliphatic rings. The first-order valence-electron chi connectivity index (χ1n) is 7.44. The van der Waals surface area contributed by atoms with Crippen molar-refractivity contribution in [2.45, 2.75) is 33.3 Å². The molecule has 5 nitrogen and oxygen atoms in total. The molecule has 0 fully saturated rings. The summed E-state index contributed by atoms with van der Waals surface area (Å²) in [4.78, 5) is 12.5. The topological polar surface area (TPSA) is 67.2 Å². The van der Waals surface area contributed by atoms with Crippen LogP contribution in [0.3, 0.4) is 0 Å². The van der Waals surface area contributed by atoms with Crippen molar-refractivity contribution in [3.8, 4) is 5.69 Å². The average Bonchev–Trinajstić information content (AvgIpc) is 2.97. The molecule has 1 aromatic carbocycles. The Bertz CT molecular complexity index is 619. The summed E-state index contributed by atoms with van der Waals surface area (Å²) in [5.41, 5.74) is 1.17. The zero-order chi connectivity index (χ0) is 16.2. The number of aliphatic hydroxyl groups excluding tert-OH is 1. The third-order valence-corrected chi connectivity index (χ3v) is 3.48. The number of carbonyl (C=O) groups is 1. The van der Waals surface area contributed by atoms with Crippen LogP contribution < -0.4 is 5.32 Å². The fourth-order valence-electron chi connectivity index (χ4n) is 2.56. The number of hydrogen-bond acceptors (Lipinski definition) is 3. The number of benzene rings is 1. The van der Waals surface area contributed by atoms with Gasteiger partial charge >= 0.3 is 0 Å². The molecule has 1 aromatic heterocycles. The number of amides is 1. The van der Waals surface area contributed by atoms with Crippen LogP contribution >= 0.6 is 0 Å². The lowest BCUT2D eigenvalue weighted by Crippen LogP contribution is -2.36. The van der Waals surface area contributed by atoms with Crippen LogP contribution in [0.4, 0.5) is 0 Å². The van der Waals surface area contributed by atoms with Gasteiger partial charge in [-0.15, -0.1) is 0 Å². The molecule has 2 N–H and O–H groups in total. The predicted molar refractivity (Wildman–Crippen MR) is 86.0 cm³/mol. The number of carbonyl (C=O) groups excluding carboxylic acids is 1. The van der Waals surface area contributed by atoms with Crippen molar-refractivity contribution in [1.29, 1.82) is 0 Å². The molecule has 5 heteroatoms. The monoisotopic (exact) mass is 301 g/mol. The number of hydrogen-bond donors (Lipinski definition) is 2. The van der Waals surface area contributed by atoms with E-state index in [4.69, 9.17) is 0 Å². The van der Waals surface area contributed by atoms with E-state index in [-0.39, 0.29) is 17.4 Å². The number of aliphatic hydroxyl groups is 1. The van der Waals surface area contributed by atoms with Gasteiger partial charge in [0.15, 0.2) is 0 Å². The van der Waals surface area contributed by atoms with E-state index in [9.17, 15) is 9.90 Å². The summed E-state index contributed by atoms with van der Waals surface area (Å²) < 4.78 is 1.68. The van der Waals surface area contributed by atoms with Crippen molar-refractivity contribution in [1.82, 2.24) is 15.1 Å². The van der Waals surface area contributed by atoms with E-state index in [1.54, 1.807) is 23.9 Å². The fraction of sp³-hybridized carbons (Fsp3) is 0.412. The van der Waals surface area contributed by atoms with E-state index < -0.39 is 0 Å². The Morgan fingerprint density at radius 1 is 1.36 bits per heavy atom. The molecule has 0 radical (unpaired) electrons. The van der Waals surface area contributed by atoms with E-state index in [1.807, 2.05) is 44.3 Å². The van der Waals surface area contributed by atoms with Crippen LogP contribution in [0.1, 0.15) is 37.6 Å². The minimum absolute atomic E-state index is 0.134. The number of nitrogens with one attached hydrogen (secondary N) is 1. The van der Waals surface area contributed by atoms with Gasteiger partial charge in [0.2, 0.25) is 0 Å². The predicted octanol–water partition coefficient (Wildman–Crippen LogP) is 2.40. The van der Waals surface area contributed by atoms with Crippen LogP contribution in [0.15, 0.2) is 42.7 Å². The molecule has 0 saturated heterocycles. The largest absolute Gasteiger partial charge is 0.393 e. The third-order valence-electron chi connectivity index (χ3n) is 3.48. The second-order valence-corrected chi connectivity index (χ2v) is 6.37. The molecule has 0 saturated carbocycles. The van der Waals surface area contributed by atoms with Gasteiger partial charge in [0.25, 0.3) is 5.91 Å². The van der Waals surface area contributed by atoms with Crippen molar-refractivity contribution in [3.05, 3.63) is 48.3 Å². The van der Waals surface area contributed by atoms with Crippen LogP contribution in [0.5, 0.6) is 0 Å². The maximum Gasteiger partial charge on any atom is 0.253 e. The molecular formula is C17H23N3O2. The maximum atomic E-state index is 12.5. The van der Waals surface area contributed by atoms with Gasteiger partial charge in [0.1, 0.15) is 0 Å². The van der Waals surface area contributed by atoms with E-state index in [0.29, 0.717) is 18.5 Å². The standard InChI is InChI=1S/C17H23N3O2/c1-13(21)11-17(2,3)12-18-16(22)14-7-4-5-8-15(14)20-10-6-9-19-20/h4-10,13,21H,11-12H2,1-3H3,(H,18,22). The Morgan fingerprint density at radius 2 is 2.09 bits per heavy atom. The lowest BCUT2D eigenvalue weighted by molar-refractivity contribution is 0.0902. The van der Waals surface area contributed by atoms with Gasteiger partial charge in [-0.2, -0.15) is 5.10 Å². The average molecular weight is 301 g/mol. The summed E-state index contributed by atoms with van der Waals surface area (Å²) in [7, 11) is 0. The highest BCUT2D eigenvalue weighted by Crippen LogP contribution is 2.21. The van der Waals surface area contributed by atoms with E-state index in [0.717, 1.165) is 5.69 Å². The zero-order valence-electron chi connectivity index (χ0n) is 13.3. The fourth-order valence-corrected chi connectivity index (χ4v) is 2.56. The van der Waals surface area contributed by atoms with Gasteiger partial charge in [0, 0.05) is 18.9 Å². The lowest BCUT2D eigenvalue weighted by Gasteiger charge is -2.26. The van der Waals surface area contributed by atoms with Gasteiger partial charge in [-0.25, -0.2) is 4.68 Å². The third kappa shape index (κ3) is 4.18. The highest BCUT2D eigenvalue weighted by molar-refractivity contribution is 5.97. The summed E-state index contributed by atoms with van der Waals surface area (Å²) in [5, 5.41) is 16.7.